The molecule has 0 aliphatic heterocycles. The molecule has 0 bridgehead atoms. The molecule has 0 saturated heterocycles. The Hall–Kier alpha value is -2.04. The Balaban J connectivity index is 3.32. The second-order valence-electron chi connectivity index (χ2n) is 4.84. The summed E-state index contributed by atoms with van der Waals surface area (Å²) in [6.07, 6.45) is 2.14. The monoisotopic (exact) mass is 279 g/mol. The third-order valence-electron chi connectivity index (χ3n) is 3.42. The van der Waals surface area contributed by atoms with Gasteiger partial charge in [0.15, 0.2) is 5.75 Å². The van der Waals surface area contributed by atoms with Crippen molar-refractivity contribution in [3.8, 4) is 5.75 Å². The number of rotatable bonds is 7. The van der Waals surface area contributed by atoms with Crippen LogP contribution in [0, 0.1) is 0 Å². The normalized spacial score (nSPS) is 11.2. The summed E-state index contributed by atoms with van der Waals surface area (Å²) >= 11 is 0. The van der Waals surface area contributed by atoms with Crippen molar-refractivity contribution in [3.05, 3.63) is 40.8 Å². The number of carboxylic acids is 1. The van der Waals surface area contributed by atoms with E-state index in [-0.39, 0.29) is 12.4 Å². The Morgan fingerprint density at radius 1 is 1.45 bits per heavy atom. The van der Waals surface area contributed by atoms with Gasteiger partial charge in [0.2, 0.25) is 0 Å². The first kappa shape index (κ1) is 16.0. The Kier molecular flexibility index (Phi) is 5.13. The molecule has 1 N–H and O–H groups in total. The van der Waals surface area contributed by atoms with Crippen LogP contribution in [0.5, 0.6) is 5.75 Å². The molecule has 0 saturated carbocycles. The van der Waals surface area contributed by atoms with Crippen molar-refractivity contribution in [2.24, 2.45) is 0 Å². The summed E-state index contributed by atoms with van der Waals surface area (Å²) in [5.41, 5.74) is -0.880. The molecule has 0 spiro atoms. The van der Waals surface area contributed by atoms with Gasteiger partial charge in [-0.25, -0.2) is 4.79 Å². The van der Waals surface area contributed by atoms with Gasteiger partial charge < -0.3 is 9.84 Å². The van der Waals surface area contributed by atoms with E-state index in [1.165, 1.54) is 10.8 Å². The van der Waals surface area contributed by atoms with E-state index < -0.39 is 17.1 Å². The molecular formula is C15H21NO4. The zero-order valence-corrected chi connectivity index (χ0v) is 12.2. The molecule has 0 unspecified atom stereocenters. The molecule has 1 rings (SSSR count). The van der Waals surface area contributed by atoms with Gasteiger partial charge in [-0.2, -0.15) is 0 Å². The van der Waals surface area contributed by atoms with Crippen LogP contribution >= 0.6 is 0 Å². The summed E-state index contributed by atoms with van der Waals surface area (Å²) in [5.74, 6) is -0.871. The predicted molar refractivity (Wildman–Crippen MR) is 77.2 cm³/mol. The lowest BCUT2D eigenvalue weighted by Crippen LogP contribution is -2.46. The summed E-state index contributed by atoms with van der Waals surface area (Å²) in [6, 6.07) is 3.16. The average molecular weight is 279 g/mol. The van der Waals surface area contributed by atoms with Crippen molar-refractivity contribution in [3.63, 3.8) is 0 Å². The average Bonchev–Trinajstić information content (AvgIpc) is 2.40. The minimum Gasteiger partial charge on any atom is -0.484 e. The smallest absolute Gasteiger partial charge is 0.329 e. The molecule has 5 heteroatoms. The van der Waals surface area contributed by atoms with Crippen LogP contribution in [0.1, 0.15) is 33.6 Å². The highest BCUT2D eigenvalue weighted by molar-refractivity contribution is 5.76. The van der Waals surface area contributed by atoms with Crippen LogP contribution < -0.4 is 10.3 Å². The van der Waals surface area contributed by atoms with Crippen LogP contribution in [0.4, 0.5) is 0 Å². The van der Waals surface area contributed by atoms with Crippen molar-refractivity contribution in [2.45, 2.75) is 39.2 Å². The first-order valence-corrected chi connectivity index (χ1v) is 6.61. The zero-order chi connectivity index (χ0) is 15.3. The summed E-state index contributed by atoms with van der Waals surface area (Å²) in [4.78, 5) is 24.0. The number of hydrogen-bond donors (Lipinski definition) is 1. The molecule has 1 aromatic rings. The van der Waals surface area contributed by atoms with Gasteiger partial charge in [-0.1, -0.05) is 20.4 Å². The molecule has 0 amide bonds. The minimum atomic E-state index is -1.24. The number of carboxylic acid groups (broad SMARTS) is 1. The summed E-state index contributed by atoms with van der Waals surface area (Å²) in [7, 11) is 0. The molecule has 0 fully saturated rings. The maximum atomic E-state index is 12.4. The third-order valence-corrected chi connectivity index (χ3v) is 3.42. The SMILES string of the molecule is C=C(C)COc1cccn(C(CC)(CC)C(=O)O)c1=O. The highest BCUT2D eigenvalue weighted by atomic mass is 16.5. The fourth-order valence-electron chi connectivity index (χ4n) is 2.12. The van der Waals surface area contributed by atoms with Gasteiger partial charge in [0, 0.05) is 6.20 Å². The van der Waals surface area contributed by atoms with Gasteiger partial charge >= 0.3 is 5.97 Å². The summed E-state index contributed by atoms with van der Waals surface area (Å²) < 4.78 is 6.63. The van der Waals surface area contributed by atoms with Gasteiger partial charge in [-0.15, -0.1) is 0 Å². The lowest BCUT2D eigenvalue weighted by atomic mass is 9.92. The van der Waals surface area contributed by atoms with E-state index in [2.05, 4.69) is 6.58 Å². The maximum absolute atomic E-state index is 12.4. The number of ether oxygens (including phenoxy) is 1. The van der Waals surface area contributed by atoms with Crippen molar-refractivity contribution >= 4 is 5.97 Å². The lowest BCUT2D eigenvalue weighted by molar-refractivity contribution is -0.148. The summed E-state index contributed by atoms with van der Waals surface area (Å²) in [5, 5.41) is 9.50. The molecule has 5 nitrogen and oxygen atoms in total. The topological polar surface area (TPSA) is 68.5 Å². The van der Waals surface area contributed by atoms with Crippen molar-refractivity contribution in [2.75, 3.05) is 6.61 Å². The van der Waals surface area contributed by atoms with Crippen LogP contribution in [-0.2, 0) is 10.3 Å². The second-order valence-corrected chi connectivity index (χ2v) is 4.84. The molecule has 0 aliphatic carbocycles. The number of nitrogens with zero attached hydrogens (tertiary/aromatic N) is 1. The van der Waals surface area contributed by atoms with E-state index in [9.17, 15) is 14.7 Å². The molecule has 0 atom stereocenters. The number of aromatic nitrogens is 1. The maximum Gasteiger partial charge on any atom is 0.329 e. The quantitative estimate of drug-likeness (QED) is 0.778. The van der Waals surface area contributed by atoms with E-state index in [0.717, 1.165) is 5.57 Å². The summed E-state index contributed by atoms with van der Waals surface area (Å²) in [6.45, 7) is 9.24. The van der Waals surface area contributed by atoms with Crippen LogP contribution in [-0.4, -0.2) is 22.2 Å². The standard InChI is InChI=1S/C15H21NO4/c1-5-15(6-2,14(18)19)16-9-7-8-12(13(16)17)20-10-11(3)4/h7-9H,3,5-6,10H2,1-2,4H3,(H,18,19). The lowest BCUT2D eigenvalue weighted by Gasteiger charge is -2.29. The van der Waals surface area contributed by atoms with E-state index in [1.807, 2.05) is 0 Å². The Labute approximate surface area is 118 Å². The number of pyridine rings is 1. The van der Waals surface area contributed by atoms with Crippen molar-refractivity contribution < 1.29 is 14.6 Å². The number of carbonyl (C=O) groups is 1. The van der Waals surface area contributed by atoms with E-state index in [0.29, 0.717) is 12.8 Å². The van der Waals surface area contributed by atoms with Crippen molar-refractivity contribution in [1.82, 2.24) is 4.57 Å². The number of aliphatic carboxylic acids is 1. The minimum absolute atomic E-state index is 0.142. The van der Waals surface area contributed by atoms with Gasteiger partial charge in [0.05, 0.1) is 0 Å². The van der Waals surface area contributed by atoms with Gasteiger partial charge in [0.25, 0.3) is 5.56 Å². The molecule has 0 aromatic carbocycles. The fraction of sp³-hybridized carbons (Fsp3) is 0.467. The van der Waals surface area contributed by atoms with E-state index in [1.54, 1.807) is 32.9 Å². The Bertz CT molecular complexity index is 555. The highest BCUT2D eigenvalue weighted by Crippen LogP contribution is 2.24. The fourth-order valence-corrected chi connectivity index (χ4v) is 2.12. The van der Waals surface area contributed by atoms with Crippen LogP contribution in [0.3, 0.4) is 0 Å². The van der Waals surface area contributed by atoms with Crippen LogP contribution in [0.2, 0.25) is 0 Å². The molecule has 0 aliphatic rings. The van der Waals surface area contributed by atoms with Crippen LogP contribution in [0.25, 0.3) is 0 Å². The van der Waals surface area contributed by atoms with Gasteiger partial charge in [-0.3, -0.25) is 9.36 Å². The number of hydrogen-bond acceptors (Lipinski definition) is 3. The van der Waals surface area contributed by atoms with Crippen LogP contribution in [0.15, 0.2) is 35.3 Å². The molecule has 1 aromatic heterocycles. The first-order chi connectivity index (χ1) is 9.39. The first-order valence-electron chi connectivity index (χ1n) is 6.61. The molecule has 1 heterocycles. The third kappa shape index (κ3) is 2.92. The Morgan fingerprint density at radius 3 is 2.50 bits per heavy atom. The van der Waals surface area contributed by atoms with Crippen molar-refractivity contribution in [1.29, 1.82) is 0 Å². The van der Waals surface area contributed by atoms with E-state index in [4.69, 9.17) is 4.74 Å². The second kappa shape index (κ2) is 6.41. The largest absolute Gasteiger partial charge is 0.484 e. The molecule has 110 valence electrons. The Morgan fingerprint density at radius 2 is 2.05 bits per heavy atom. The highest BCUT2D eigenvalue weighted by Gasteiger charge is 2.38. The van der Waals surface area contributed by atoms with Gasteiger partial charge in [-0.05, 0) is 37.5 Å². The predicted octanol–water partition coefficient (Wildman–Crippen LogP) is 2.40. The molecular weight excluding hydrogens is 258 g/mol. The van der Waals surface area contributed by atoms with E-state index >= 15 is 0 Å². The molecule has 20 heavy (non-hydrogen) atoms. The molecule has 0 radical (unpaired) electrons. The van der Waals surface area contributed by atoms with Gasteiger partial charge in [0.1, 0.15) is 12.1 Å². The zero-order valence-electron chi connectivity index (χ0n) is 12.2.